The van der Waals surface area contributed by atoms with Crippen molar-refractivity contribution in [2.24, 2.45) is 7.05 Å². The maximum absolute atomic E-state index is 14.3. The summed E-state index contributed by atoms with van der Waals surface area (Å²) >= 11 is 0. The van der Waals surface area contributed by atoms with Crippen molar-refractivity contribution in [3.63, 3.8) is 0 Å². The molecule has 0 saturated carbocycles. The van der Waals surface area contributed by atoms with Crippen molar-refractivity contribution >= 4 is 34.3 Å². The molecule has 13 heteroatoms. The summed E-state index contributed by atoms with van der Waals surface area (Å²) in [5, 5.41) is 9.96. The Morgan fingerprint density at radius 1 is 1.03 bits per heavy atom. The van der Waals surface area contributed by atoms with E-state index < -0.39 is 40.4 Å². The molecule has 0 radical (unpaired) electrons. The third-order valence-corrected chi connectivity index (χ3v) is 5.42. The van der Waals surface area contributed by atoms with Crippen molar-refractivity contribution in [2.75, 3.05) is 10.6 Å². The number of nitrogens with zero attached hydrogens (tertiary/aromatic N) is 5. The van der Waals surface area contributed by atoms with Crippen molar-refractivity contribution in [3.05, 3.63) is 102 Å². The number of halogens is 3. The number of ether oxygens (including phenoxy) is 1. The first-order chi connectivity index (χ1) is 18.7. The highest BCUT2D eigenvalue weighted by atomic mass is 19.2. The van der Waals surface area contributed by atoms with Crippen LogP contribution in [0.1, 0.15) is 0 Å². The zero-order valence-corrected chi connectivity index (χ0v) is 20.2. The van der Waals surface area contributed by atoms with Gasteiger partial charge in [0.2, 0.25) is 11.9 Å². The van der Waals surface area contributed by atoms with Crippen LogP contribution in [-0.2, 0) is 11.8 Å². The van der Waals surface area contributed by atoms with E-state index in [1.54, 1.807) is 42.3 Å². The number of aromatic nitrogens is 5. The second kappa shape index (κ2) is 10.1. The lowest BCUT2D eigenvalue weighted by molar-refractivity contribution is -0.111. The SMILES string of the molecule is C=CC(=O)Nc1cccc(-n2c(=O)c(Oc3cc(F)c(F)cc3F)cc3cnc(Nc4cnn(C)c4)nc32)c1. The molecule has 0 saturated heterocycles. The van der Waals surface area contributed by atoms with Crippen molar-refractivity contribution in [3.8, 4) is 17.2 Å². The molecular formula is C26H18F3N7O3. The molecule has 5 aromatic rings. The molecule has 5 rings (SSSR count). The van der Waals surface area contributed by atoms with Gasteiger partial charge in [-0.05, 0) is 30.3 Å². The molecule has 39 heavy (non-hydrogen) atoms. The third kappa shape index (κ3) is 5.18. The van der Waals surface area contributed by atoms with Crippen LogP contribution in [0.2, 0.25) is 0 Å². The van der Waals surface area contributed by atoms with Gasteiger partial charge in [0, 0.05) is 42.6 Å². The Morgan fingerprint density at radius 2 is 1.82 bits per heavy atom. The van der Waals surface area contributed by atoms with E-state index in [1.807, 2.05) is 0 Å². The predicted molar refractivity (Wildman–Crippen MR) is 137 cm³/mol. The molecule has 0 aliphatic heterocycles. The van der Waals surface area contributed by atoms with Crippen molar-refractivity contribution in [2.45, 2.75) is 0 Å². The predicted octanol–water partition coefficient (Wildman–Crippen LogP) is 4.59. The Labute approximate surface area is 218 Å². The molecular weight excluding hydrogens is 515 g/mol. The quantitative estimate of drug-likeness (QED) is 0.232. The second-order valence-electron chi connectivity index (χ2n) is 8.19. The molecule has 0 aliphatic carbocycles. The van der Waals surface area contributed by atoms with E-state index in [0.717, 1.165) is 10.6 Å². The van der Waals surface area contributed by atoms with Gasteiger partial charge in [-0.25, -0.2) is 18.2 Å². The molecule has 196 valence electrons. The summed E-state index contributed by atoms with van der Waals surface area (Å²) < 4.78 is 49.7. The average molecular weight is 533 g/mol. The summed E-state index contributed by atoms with van der Waals surface area (Å²) in [6.07, 6.45) is 5.73. The highest BCUT2D eigenvalue weighted by Crippen LogP contribution is 2.28. The van der Waals surface area contributed by atoms with E-state index in [9.17, 15) is 22.8 Å². The summed E-state index contributed by atoms with van der Waals surface area (Å²) in [7, 11) is 1.74. The van der Waals surface area contributed by atoms with Gasteiger partial charge in [-0.3, -0.25) is 18.8 Å². The van der Waals surface area contributed by atoms with Crippen molar-refractivity contribution in [1.29, 1.82) is 0 Å². The fourth-order valence-electron chi connectivity index (χ4n) is 3.68. The number of carbonyl (C=O) groups excluding carboxylic acids is 1. The van der Waals surface area contributed by atoms with Crippen LogP contribution in [0.4, 0.5) is 30.5 Å². The number of rotatable bonds is 7. The van der Waals surface area contributed by atoms with E-state index >= 15 is 0 Å². The second-order valence-corrected chi connectivity index (χ2v) is 8.19. The van der Waals surface area contributed by atoms with Gasteiger partial charge in [0.25, 0.3) is 5.56 Å². The number of carbonyl (C=O) groups is 1. The van der Waals surface area contributed by atoms with E-state index in [0.29, 0.717) is 28.9 Å². The summed E-state index contributed by atoms with van der Waals surface area (Å²) in [5.41, 5.74) is 0.525. The van der Waals surface area contributed by atoms with Gasteiger partial charge in [-0.2, -0.15) is 10.1 Å². The Kier molecular flexibility index (Phi) is 6.54. The van der Waals surface area contributed by atoms with Crippen LogP contribution in [0, 0.1) is 17.5 Å². The smallest absolute Gasteiger partial charge is 0.299 e. The van der Waals surface area contributed by atoms with Crippen LogP contribution in [-0.4, -0.2) is 30.2 Å². The molecule has 10 nitrogen and oxygen atoms in total. The number of hydrogen-bond donors (Lipinski definition) is 2. The molecule has 0 spiro atoms. The minimum Gasteiger partial charge on any atom is -0.448 e. The first-order valence-electron chi connectivity index (χ1n) is 11.3. The lowest BCUT2D eigenvalue weighted by Gasteiger charge is -2.15. The van der Waals surface area contributed by atoms with Crippen LogP contribution in [0.15, 0.2) is 78.5 Å². The third-order valence-electron chi connectivity index (χ3n) is 5.42. The maximum Gasteiger partial charge on any atom is 0.299 e. The van der Waals surface area contributed by atoms with E-state index in [1.165, 1.54) is 18.3 Å². The average Bonchev–Trinajstić information content (AvgIpc) is 3.32. The minimum atomic E-state index is -1.41. The number of anilines is 3. The minimum absolute atomic E-state index is 0.131. The summed E-state index contributed by atoms with van der Waals surface area (Å²) in [4.78, 5) is 34.2. The molecule has 2 N–H and O–H groups in total. The summed E-state index contributed by atoms with van der Waals surface area (Å²) in [5.74, 6) is -5.41. The number of fused-ring (bicyclic) bond motifs is 1. The molecule has 0 aliphatic rings. The Morgan fingerprint density at radius 3 is 2.56 bits per heavy atom. The highest BCUT2D eigenvalue weighted by Gasteiger charge is 2.19. The lowest BCUT2D eigenvalue weighted by atomic mass is 10.2. The molecule has 0 atom stereocenters. The Hall–Kier alpha value is -5.46. The van der Waals surface area contributed by atoms with Gasteiger partial charge in [0.05, 0.1) is 17.6 Å². The number of amides is 1. The van der Waals surface area contributed by atoms with E-state index in [2.05, 4.69) is 32.3 Å². The molecule has 0 unspecified atom stereocenters. The first-order valence-corrected chi connectivity index (χ1v) is 11.3. The maximum atomic E-state index is 14.3. The number of benzene rings is 2. The van der Waals surface area contributed by atoms with Crippen LogP contribution >= 0.6 is 0 Å². The van der Waals surface area contributed by atoms with E-state index in [-0.39, 0.29) is 17.3 Å². The van der Waals surface area contributed by atoms with Crippen molar-refractivity contribution < 1.29 is 22.7 Å². The fraction of sp³-hybridized carbons (Fsp3) is 0.0385. The van der Waals surface area contributed by atoms with E-state index in [4.69, 9.17) is 4.74 Å². The molecule has 3 aromatic heterocycles. The number of hydrogen-bond acceptors (Lipinski definition) is 7. The molecule has 2 aromatic carbocycles. The summed E-state index contributed by atoms with van der Waals surface area (Å²) in [6, 6.07) is 8.33. The summed E-state index contributed by atoms with van der Waals surface area (Å²) in [6.45, 7) is 3.41. The van der Waals surface area contributed by atoms with Gasteiger partial charge in [0.1, 0.15) is 0 Å². The van der Waals surface area contributed by atoms with Crippen molar-refractivity contribution in [1.82, 2.24) is 24.3 Å². The fourth-order valence-corrected chi connectivity index (χ4v) is 3.68. The highest BCUT2D eigenvalue weighted by molar-refractivity contribution is 5.99. The van der Waals surface area contributed by atoms with Crippen LogP contribution in [0.5, 0.6) is 11.5 Å². The van der Waals surface area contributed by atoms with Crippen LogP contribution in [0.25, 0.3) is 16.7 Å². The molecule has 1 amide bonds. The standard InChI is InChI=1S/C26H18F3N7O3/c1-3-23(37)32-15-5-4-6-17(8-15)36-24-14(11-30-26(34-24)33-16-12-31-35(2)13-16)7-22(25(36)38)39-21-10-19(28)18(27)9-20(21)29/h3-13H,1H2,2H3,(H,32,37)(H,30,33,34). The number of pyridine rings is 1. The molecule has 0 fully saturated rings. The zero-order valence-electron chi connectivity index (χ0n) is 20.2. The van der Waals surface area contributed by atoms with Gasteiger partial charge < -0.3 is 15.4 Å². The Bertz CT molecular complexity index is 1820. The zero-order chi connectivity index (χ0) is 27.7. The topological polar surface area (TPSA) is 116 Å². The number of nitrogens with one attached hydrogen (secondary N) is 2. The largest absolute Gasteiger partial charge is 0.448 e. The number of aryl methyl sites for hydroxylation is 1. The van der Waals surface area contributed by atoms with Gasteiger partial charge in [0.15, 0.2) is 34.6 Å². The van der Waals surface area contributed by atoms with Crippen LogP contribution in [0.3, 0.4) is 0 Å². The molecule has 0 bridgehead atoms. The first kappa shape index (κ1) is 25.2. The Balaban J connectivity index is 1.68. The van der Waals surface area contributed by atoms with Gasteiger partial charge in [-0.1, -0.05) is 12.6 Å². The van der Waals surface area contributed by atoms with Gasteiger partial charge >= 0.3 is 0 Å². The normalized spacial score (nSPS) is 10.9. The lowest BCUT2D eigenvalue weighted by Crippen LogP contribution is -2.21. The molecule has 3 heterocycles. The van der Waals surface area contributed by atoms with Crippen LogP contribution < -0.4 is 20.9 Å². The monoisotopic (exact) mass is 533 g/mol. The van der Waals surface area contributed by atoms with Gasteiger partial charge in [-0.15, -0.1) is 0 Å².